The number of thiophene rings is 1. The van der Waals surface area contributed by atoms with Crippen LogP contribution in [-0.2, 0) is 6.16 Å². The van der Waals surface area contributed by atoms with Crippen molar-refractivity contribution in [1.82, 2.24) is 0 Å². The molecule has 28 heavy (non-hydrogen) atoms. The third-order valence-electron chi connectivity index (χ3n) is 5.11. The minimum atomic E-state index is -0.217. The average molecular weight is 428 g/mol. The highest BCUT2D eigenvalue weighted by molar-refractivity contribution is 7.57. The molecule has 2 N–H and O–H groups in total. The van der Waals surface area contributed by atoms with Gasteiger partial charge in [0.1, 0.15) is 0 Å². The van der Waals surface area contributed by atoms with E-state index in [-0.39, 0.29) is 13.1 Å². The van der Waals surface area contributed by atoms with Crippen LogP contribution < -0.4 is 5.73 Å². The van der Waals surface area contributed by atoms with Crippen LogP contribution in [0.2, 0.25) is 5.02 Å². The maximum absolute atomic E-state index is 6.57. The average Bonchev–Trinajstić information content (AvgIpc) is 2.97. The Hall–Kier alpha value is -1.60. The Morgan fingerprint density at radius 2 is 1.68 bits per heavy atom. The molecule has 0 radical (unpaired) electrons. The highest BCUT2D eigenvalue weighted by atomic mass is 35.5. The quantitative estimate of drug-likeness (QED) is 0.408. The minimum absolute atomic E-state index is 0.217. The van der Waals surface area contributed by atoms with Crippen molar-refractivity contribution in [2.24, 2.45) is 0 Å². The van der Waals surface area contributed by atoms with E-state index in [1.807, 2.05) is 24.3 Å². The molecule has 4 heteroatoms. The second-order valence-electron chi connectivity index (χ2n) is 8.03. The van der Waals surface area contributed by atoms with Gasteiger partial charge in [-0.15, -0.1) is 11.3 Å². The van der Waals surface area contributed by atoms with Crippen molar-refractivity contribution in [2.75, 3.05) is 12.4 Å². The number of benzene rings is 2. The number of halogens is 1. The molecule has 3 rings (SSSR count). The first-order chi connectivity index (χ1) is 13.2. The van der Waals surface area contributed by atoms with E-state index in [4.69, 9.17) is 17.3 Å². The normalized spacial score (nSPS) is 12.8. The van der Waals surface area contributed by atoms with Gasteiger partial charge in [-0.05, 0) is 52.4 Å². The van der Waals surface area contributed by atoms with Gasteiger partial charge in [-0.1, -0.05) is 89.3 Å². The highest BCUT2D eigenvalue weighted by Crippen LogP contribution is 2.54. The topological polar surface area (TPSA) is 26.0 Å². The Balaban J connectivity index is 2.14. The van der Waals surface area contributed by atoms with Gasteiger partial charge in [-0.25, -0.2) is 0 Å². The lowest BCUT2D eigenvalue weighted by atomic mass is 9.96. The second-order valence-corrected chi connectivity index (χ2v) is 12.6. The van der Waals surface area contributed by atoms with Gasteiger partial charge in [0.25, 0.3) is 0 Å². The molecule has 1 nitrogen and oxygen atoms in total. The molecule has 0 bridgehead atoms. The number of rotatable bonds is 5. The van der Waals surface area contributed by atoms with E-state index in [1.165, 1.54) is 16.0 Å². The Labute approximate surface area is 179 Å². The van der Waals surface area contributed by atoms with Gasteiger partial charge in [-0.2, -0.15) is 0 Å². The van der Waals surface area contributed by atoms with Crippen molar-refractivity contribution in [2.45, 2.75) is 32.1 Å². The fourth-order valence-corrected chi connectivity index (χ4v) is 5.68. The predicted octanol–water partition coefficient (Wildman–Crippen LogP) is 8.12. The van der Waals surface area contributed by atoms with E-state index >= 15 is 0 Å². The molecular weight excluding hydrogens is 401 g/mol. The molecule has 146 valence electrons. The van der Waals surface area contributed by atoms with Crippen LogP contribution in [-0.4, -0.2) is 11.8 Å². The predicted molar refractivity (Wildman–Crippen MR) is 130 cm³/mol. The SMILES string of the molecule is C=C(c1ccc(Cl)cc1)c1c(N)sc(-c2ccccc2)c1CP(C)C(C)(C)C. The standard InChI is InChI=1S/C24H27ClNPS/c1-16(17-11-13-19(25)14-12-17)21-20(15-27(5)24(2,3)4)22(28-23(21)26)18-9-7-6-8-10-18/h6-14H,1,15,26H2,2-5H3. The number of nitrogens with two attached hydrogens (primary N) is 1. The van der Waals surface area contributed by atoms with Crippen molar-refractivity contribution in [3.63, 3.8) is 0 Å². The van der Waals surface area contributed by atoms with Crippen LogP contribution in [0, 0.1) is 0 Å². The molecule has 0 amide bonds. The van der Waals surface area contributed by atoms with Crippen LogP contribution >= 0.6 is 30.9 Å². The molecule has 2 aromatic carbocycles. The summed E-state index contributed by atoms with van der Waals surface area (Å²) in [4.78, 5) is 1.27. The van der Waals surface area contributed by atoms with Crippen molar-refractivity contribution in [3.05, 3.63) is 82.9 Å². The first kappa shape index (κ1) is 21.1. The van der Waals surface area contributed by atoms with Crippen LogP contribution in [0.15, 0.2) is 61.2 Å². The summed E-state index contributed by atoms with van der Waals surface area (Å²) in [6.45, 7) is 13.8. The van der Waals surface area contributed by atoms with Crippen LogP contribution in [0.4, 0.5) is 5.00 Å². The first-order valence-electron chi connectivity index (χ1n) is 9.31. The minimum Gasteiger partial charge on any atom is -0.390 e. The number of nitrogen functional groups attached to an aromatic ring is 1. The van der Waals surface area contributed by atoms with Gasteiger partial charge < -0.3 is 5.73 Å². The fourth-order valence-electron chi connectivity index (χ4n) is 3.06. The lowest BCUT2D eigenvalue weighted by molar-refractivity contribution is 0.783. The molecule has 0 aliphatic heterocycles. The summed E-state index contributed by atoms with van der Waals surface area (Å²) in [5.41, 5.74) is 12.3. The summed E-state index contributed by atoms with van der Waals surface area (Å²) in [5.74, 6) is 0. The number of anilines is 1. The second kappa shape index (κ2) is 8.41. The summed E-state index contributed by atoms with van der Waals surface area (Å²) >= 11 is 7.75. The Morgan fingerprint density at radius 1 is 1.07 bits per heavy atom. The van der Waals surface area contributed by atoms with E-state index in [1.54, 1.807) is 11.3 Å². The van der Waals surface area contributed by atoms with Gasteiger partial charge in [0.2, 0.25) is 0 Å². The summed E-state index contributed by atoms with van der Waals surface area (Å²) in [6.07, 6.45) is 1.03. The van der Waals surface area contributed by atoms with E-state index in [2.05, 4.69) is 64.3 Å². The largest absolute Gasteiger partial charge is 0.390 e. The smallest absolute Gasteiger partial charge is 0.0945 e. The lowest BCUT2D eigenvalue weighted by Crippen LogP contribution is -2.12. The monoisotopic (exact) mass is 427 g/mol. The van der Waals surface area contributed by atoms with Crippen LogP contribution in [0.1, 0.15) is 37.5 Å². The van der Waals surface area contributed by atoms with Crippen LogP contribution in [0.5, 0.6) is 0 Å². The molecule has 1 unspecified atom stereocenters. The van der Waals surface area contributed by atoms with Gasteiger partial charge >= 0.3 is 0 Å². The van der Waals surface area contributed by atoms with Crippen molar-refractivity contribution in [3.8, 4) is 10.4 Å². The Morgan fingerprint density at radius 3 is 2.25 bits per heavy atom. The van der Waals surface area contributed by atoms with Crippen molar-refractivity contribution >= 4 is 41.4 Å². The van der Waals surface area contributed by atoms with Crippen molar-refractivity contribution < 1.29 is 0 Å². The molecule has 3 aromatic rings. The van der Waals surface area contributed by atoms with Crippen molar-refractivity contribution in [1.29, 1.82) is 0 Å². The van der Waals surface area contributed by atoms with Gasteiger partial charge in [0.15, 0.2) is 0 Å². The maximum atomic E-state index is 6.57. The molecular formula is C24H27ClNPS. The highest BCUT2D eigenvalue weighted by Gasteiger charge is 2.26. The summed E-state index contributed by atoms with van der Waals surface area (Å²) in [5, 5.41) is 1.84. The van der Waals surface area contributed by atoms with E-state index in [9.17, 15) is 0 Å². The Kier molecular flexibility index (Phi) is 6.34. The summed E-state index contributed by atoms with van der Waals surface area (Å²) < 4.78 is 0. The van der Waals surface area contributed by atoms with Gasteiger partial charge in [-0.3, -0.25) is 0 Å². The maximum Gasteiger partial charge on any atom is 0.0945 e. The molecule has 0 spiro atoms. The third kappa shape index (κ3) is 4.51. The molecule has 0 saturated carbocycles. The zero-order chi connectivity index (χ0) is 20.5. The molecule has 1 heterocycles. The van der Waals surface area contributed by atoms with E-state index < -0.39 is 0 Å². The molecule has 0 aliphatic rings. The zero-order valence-electron chi connectivity index (χ0n) is 16.9. The fraction of sp³-hybridized carbons (Fsp3) is 0.250. The molecule has 0 fully saturated rings. The molecule has 1 atom stereocenters. The number of hydrogen-bond acceptors (Lipinski definition) is 2. The van der Waals surface area contributed by atoms with Gasteiger partial charge in [0, 0.05) is 15.5 Å². The summed E-state index contributed by atoms with van der Waals surface area (Å²) in [6, 6.07) is 18.4. The summed E-state index contributed by atoms with van der Waals surface area (Å²) in [7, 11) is -0.217. The van der Waals surface area contributed by atoms with Crippen LogP contribution in [0.3, 0.4) is 0 Å². The Bertz CT molecular complexity index is 968. The van der Waals surface area contributed by atoms with E-state index in [0.29, 0.717) is 0 Å². The zero-order valence-corrected chi connectivity index (χ0v) is 19.4. The number of hydrogen-bond donors (Lipinski definition) is 1. The van der Waals surface area contributed by atoms with E-state index in [0.717, 1.165) is 32.9 Å². The molecule has 0 aliphatic carbocycles. The lowest BCUT2D eigenvalue weighted by Gasteiger charge is -2.29. The van der Waals surface area contributed by atoms with Gasteiger partial charge in [0.05, 0.1) is 5.00 Å². The molecule has 1 aromatic heterocycles. The molecule has 0 saturated heterocycles. The third-order valence-corrected chi connectivity index (χ3v) is 9.55. The van der Waals surface area contributed by atoms with Crippen LogP contribution in [0.25, 0.3) is 16.0 Å². The first-order valence-corrected chi connectivity index (χ1v) is 12.5.